The van der Waals surface area contributed by atoms with Gasteiger partial charge in [-0.1, -0.05) is 30.3 Å². The number of halogens is 1. The van der Waals surface area contributed by atoms with E-state index in [-0.39, 0.29) is 24.4 Å². The van der Waals surface area contributed by atoms with E-state index >= 15 is 0 Å². The number of rotatable bonds is 3. The fraction of sp³-hybridized carbons (Fsp3) is 0.312. The molecule has 1 saturated heterocycles. The largest absolute Gasteiger partial charge is 0.467 e. The minimum atomic E-state index is -0.637. The maximum absolute atomic E-state index is 12.5. The van der Waals surface area contributed by atoms with E-state index in [0.29, 0.717) is 19.7 Å². The molecule has 0 aliphatic carbocycles. The zero-order chi connectivity index (χ0) is 14.7. The van der Waals surface area contributed by atoms with Gasteiger partial charge in [0.1, 0.15) is 17.9 Å². The number of morpholine rings is 1. The molecule has 1 fully saturated rings. The summed E-state index contributed by atoms with van der Waals surface area (Å²) in [6, 6.07) is 12.4. The fourth-order valence-corrected chi connectivity index (χ4v) is 2.50. The van der Waals surface area contributed by atoms with E-state index in [4.69, 9.17) is 14.9 Å². The summed E-state index contributed by atoms with van der Waals surface area (Å²) in [4.78, 5) is 14.3. The van der Waals surface area contributed by atoms with E-state index in [0.717, 1.165) is 11.3 Å². The van der Waals surface area contributed by atoms with Crippen molar-refractivity contribution in [1.29, 1.82) is 0 Å². The number of carbonyl (C=O) groups is 1. The van der Waals surface area contributed by atoms with Gasteiger partial charge in [0.2, 0.25) is 5.91 Å². The van der Waals surface area contributed by atoms with Crippen LogP contribution >= 0.6 is 12.4 Å². The predicted octanol–water partition coefficient (Wildman–Crippen LogP) is 2.30. The molecule has 1 aliphatic rings. The number of ether oxygens (including phenoxy) is 1. The summed E-state index contributed by atoms with van der Waals surface area (Å²) in [6.07, 6.45) is 1.38. The molecule has 118 valence electrons. The number of nitrogens with zero attached hydrogens (tertiary/aromatic N) is 1. The van der Waals surface area contributed by atoms with Crippen LogP contribution in [0.25, 0.3) is 0 Å². The van der Waals surface area contributed by atoms with Gasteiger partial charge in [-0.3, -0.25) is 4.79 Å². The van der Waals surface area contributed by atoms with Gasteiger partial charge in [-0.2, -0.15) is 0 Å². The predicted molar refractivity (Wildman–Crippen MR) is 84.6 cm³/mol. The Hall–Kier alpha value is -1.82. The van der Waals surface area contributed by atoms with Gasteiger partial charge in [-0.05, 0) is 17.7 Å². The number of furan rings is 1. The summed E-state index contributed by atoms with van der Waals surface area (Å²) in [5.74, 6) is 0.654. The van der Waals surface area contributed by atoms with Crippen LogP contribution in [0.5, 0.6) is 0 Å². The summed E-state index contributed by atoms with van der Waals surface area (Å²) in [7, 11) is 0. The first-order valence-electron chi connectivity index (χ1n) is 7.00. The van der Waals surface area contributed by atoms with Crippen molar-refractivity contribution in [2.45, 2.75) is 12.1 Å². The van der Waals surface area contributed by atoms with Crippen LogP contribution in [0.1, 0.15) is 23.5 Å². The lowest BCUT2D eigenvalue weighted by Crippen LogP contribution is -2.46. The molecule has 2 atom stereocenters. The molecule has 1 aromatic carbocycles. The van der Waals surface area contributed by atoms with Gasteiger partial charge in [0.15, 0.2) is 0 Å². The molecular weight excluding hydrogens is 304 g/mol. The monoisotopic (exact) mass is 322 g/mol. The lowest BCUT2D eigenvalue weighted by molar-refractivity contribution is -0.141. The number of carbonyl (C=O) groups excluding carboxylic acids is 1. The Balaban J connectivity index is 0.00000176. The second-order valence-electron chi connectivity index (χ2n) is 5.05. The SMILES string of the molecule is Cl.NC(C(=O)N1CCOC(c2ccco2)C1)c1ccccc1. The Kier molecular flexibility index (Phi) is 5.60. The molecule has 0 radical (unpaired) electrons. The summed E-state index contributed by atoms with van der Waals surface area (Å²) in [5, 5.41) is 0. The molecule has 2 aromatic rings. The molecule has 0 spiro atoms. The van der Waals surface area contributed by atoms with Crippen LogP contribution in [0.15, 0.2) is 53.1 Å². The van der Waals surface area contributed by atoms with Crippen molar-refractivity contribution < 1.29 is 13.9 Å². The zero-order valence-electron chi connectivity index (χ0n) is 12.1. The Morgan fingerprint density at radius 2 is 2.00 bits per heavy atom. The maximum Gasteiger partial charge on any atom is 0.244 e. The fourth-order valence-electron chi connectivity index (χ4n) is 2.50. The highest BCUT2D eigenvalue weighted by Crippen LogP contribution is 2.24. The molecule has 1 aromatic heterocycles. The Morgan fingerprint density at radius 3 is 2.68 bits per heavy atom. The third kappa shape index (κ3) is 3.50. The van der Waals surface area contributed by atoms with Crippen LogP contribution in [0.3, 0.4) is 0 Å². The third-order valence-electron chi connectivity index (χ3n) is 3.66. The van der Waals surface area contributed by atoms with Gasteiger partial charge in [-0.15, -0.1) is 12.4 Å². The van der Waals surface area contributed by atoms with Crippen LogP contribution in [0.2, 0.25) is 0 Å². The van der Waals surface area contributed by atoms with Gasteiger partial charge in [0.05, 0.1) is 19.4 Å². The van der Waals surface area contributed by atoms with E-state index in [1.807, 2.05) is 42.5 Å². The molecule has 6 heteroatoms. The molecule has 2 unspecified atom stereocenters. The molecule has 0 bridgehead atoms. The molecule has 0 saturated carbocycles. The first-order chi connectivity index (χ1) is 10.3. The number of hydrogen-bond donors (Lipinski definition) is 1. The normalized spacial score (nSPS) is 19.3. The van der Waals surface area contributed by atoms with E-state index in [1.54, 1.807) is 11.2 Å². The van der Waals surface area contributed by atoms with Crippen molar-refractivity contribution in [2.24, 2.45) is 5.73 Å². The van der Waals surface area contributed by atoms with Crippen LogP contribution in [0.4, 0.5) is 0 Å². The van der Waals surface area contributed by atoms with Gasteiger partial charge in [-0.25, -0.2) is 0 Å². The summed E-state index contributed by atoms with van der Waals surface area (Å²) < 4.78 is 11.0. The van der Waals surface area contributed by atoms with Crippen molar-refractivity contribution in [1.82, 2.24) is 4.90 Å². The molecule has 22 heavy (non-hydrogen) atoms. The Labute approximate surface area is 135 Å². The van der Waals surface area contributed by atoms with Gasteiger partial charge in [0.25, 0.3) is 0 Å². The quantitative estimate of drug-likeness (QED) is 0.941. The van der Waals surface area contributed by atoms with E-state index < -0.39 is 6.04 Å². The topological polar surface area (TPSA) is 68.7 Å². The van der Waals surface area contributed by atoms with Crippen LogP contribution in [-0.4, -0.2) is 30.5 Å². The molecule has 2 heterocycles. The maximum atomic E-state index is 12.5. The molecule has 5 nitrogen and oxygen atoms in total. The molecule has 3 rings (SSSR count). The number of nitrogens with two attached hydrogens (primary N) is 1. The van der Waals surface area contributed by atoms with Crippen molar-refractivity contribution in [3.8, 4) is 0 Å². The van der Waals surface area contributed by atoms with Gasteiger partial charge < -0.3 is 19.8 Å². The smallest absolute Gasteiger partial charge is 0.244 e. The molecule has 1 aliphatic heterocycles. The minimum absolute atomic E-state index is 0. The third-order valence-corrected chi connectivity index (χ3v) is 3.66. The Morgan fingerprint density at radius 1 is 1.23 bits per heavy atom. The van der Waals surface area contributed by atoms with Crippen molar-refractivity contribution in [3.63, 3.8) is 0 Å². The first-order valence-corrected chi connectivity index (χ1v) is 7.00. The Bertz CT molecular complexity index is 589. The van der Waals surface area contributed by atoms with E-state index in [9.17, 15) is 4.79 Å². The highest BCUT2D eigenvalue weighted by atomic mass is 35.5. The van der Waals surface area contributed by atoms with Crippen LogP contribution in [0, 0.1) is 0 Å². The van der Waals surface area contributed by atoms with Crippen molar-refractivity contribution >= 4 is 18.3 Å². The highest BCUT2D eigenvalue weighted by Gasteiger charge is 2.30. The second kappa shape index (κ2) is 7.45. The average Bonchev–Trinajstić information content (AvgIpc) is 3.09. The molecular formula is C16H19ClN2O3. The van der Waals surface area contributed by atoms with Crippen LogP contribution in [-0.2, 0) is 9.53 Å². The van der Waals surface area contributed by atoms with Gasteiger partial charge >= 0.3 is 0 Å². The molecule has 1 amide bonds. The standard InChI is InChI=1S/C16H18N2O3.ClH/c17-15(12-5-2-1-3-6-12)16(19)18-8-10-21-14(11-18)13-7-4-9-20-13;/h1-7,9,14-15H,8,10-11,17H2;1H. The molecule has 2 N–H and O–H groups in total. The summed E-state index contributed by atoms with van der Waals surface area (Å²) in [5.41, 5.74) is 6.90. The average molecular weight is 323 g/mol. The summed E-state index contributed by atoms with van der Waals surface area (Å²) >= 11 is 0. The first kappa shape index (κ1) is 16.5. The zero-order valence-corrected chi connectivity index (χ0v) is 12.9. The van der Waals surface area contributed by atoms with E-state index in [2.05, 4.69) is 0 Å². The number of amides is 1. The highest BCUT2D eigenvalue weighted by molar-refractivity contribution is 5.85. The van der Waals surface area contributed by atoms with Gasteiger partial charge in [0, 0.05) is 6.54 Å². The number of hydrogen-bond acceptors (Lipinski definition) is 4. The van der Waals surface area contributed by atoms with Crippen molar-refractivity contribution in [2.75, 3.05) is 19.7 Å². The minimum Gasteiger partial charge on any atom is -0.467 e. The van der Waals surface area contributed by atoms with Crippen molar-refractivity contribution in [3.05, 3.63) is 60.1 Å². The van der Waals surface area contributed by atoms with Crippen LogP contribution < -0.4 is 5.73 Å². The lowest BCUT2D eigenvalue weighted by Gasteiger charge is -2.33. The lowest BCUT2D eigenvalue weighted by atomic mass is 10.1. The second-order valence-corrected chi connectivity index (χ2v) is 5.05. The summed E-state index contributed by atoms with van der Waals surface area (Å²) in [6.45, 7) is 1.50. The van der Waals surface area contributed by atoms with E-state index in [1.165, 1.54) is 0 Å². The number of benzene rings is 1.